The van der Waals surface area contributed by atoms with Crippen molar-refractivity contribution in [3.05, 3.63) is 35.6 Å². The summed E-state index contributed by atoms with van der Waals surface area (Å²) in [5.74, 6) is 0. The van der Waals surface area contributed by atoms with Gasteiger partial charge in [-0.3, -0.25) is 0 Å². The maximum atomic E-state index is 10.3. The van der Waals surface area contributed by atoms with E-state index >= 15 is 0 Å². The van der Waals surface area contributed by atoms with Crippen LogP contribution in [0.15, 0.2) is 35.6 Å². The van der Waals surface area contributed by atoms with Crippen LogP contribution in [0, 0.1) is 5.41 Å². The van der Waals surface area contributed by atoms with Gasteiger partial charge in [0, 0.05) is 0 Å². The molecule has 108 valence electrons. The average Bonchev–Trinajstić information content (AvgIpc) is 2.27. The van der Waals surface area contributed by atoms with E-state index in [1.807, 2.05) is 13.0 Å². The van der Waals surface area contributed by atoms with Crippen LogP contribution < -0.4 is 0 Å². The number of aliphatic hydroxyl groups is 1. The zero-order chi connectivity index (χ0) is 14.5. The third kappa shape index (κ3) is 4.87. The minimum atomic E-state index is -0.962. The number of allylic oxidation sites excluding steroid dienone is 3. The Balaban J connectivity index is 2.84. The van der Waals surface area contributed by atoms with E-state index in [2.05, 4.69) is 26.8 Å². The van der Waals surface area contributed by atoms with E-state index in [0.29, 0.717) is 6.61 Å². The van der Waals surface area contributed by atoms with Crippen LogP contribution in [0.2, 0.25) is 0 Å². The highest BCUT2D eigenvalue weighted by Gasteiger charge is 2.27. The maximum absolute atomic E-state index is 10.3. The first-order valence-corrected chi connectivity index (χ1v) is 7.19. The monoisotopic (exact) mass is 264 g/mol. The molecule has 2 nitrogen and oxygen atoms in total. The summed E-state index contributed by atoms with van der Waals surface area (Å²) < 4.78 is 5.14. The van der Waals surface area contributed by atoms with Gasteiger partial charge in [-0.2, -0.15) is 0 Å². The molecule has 1 rings (SSSR count). The molecule has 0 saturated carbocycles. The summed E-state index contributed by atoms with van der Waals surface area (Å²) in [4.78, 5) is 0. The van der Waals surface area contributed by atoms with E-state index in [1.165, 1.54) is 30.4 Å². The van der Waals surface area contributed by atoms with Crippen molar-refractivity contribution >= 4 is 0 Å². The second-order valence-electron chi connectivity index (χ2n) is 6.25. The van der Waals surface area contributed by atoms with Crippen molar-refractivity contribution < 1.29 is 9.84 Å². The Labute approximate surface area is 117 Å². The smallest absolute Gasteiger partial charge is 0.102 e. The molecule has 0 radical (unpaired) electrons. The fraction of sp³-hybridized carbons (Fsp3) is 0.647. The number of hydrogen-bond acceptors (Lipinski definition) is 2. The van der Waals surface area contributed by atoms with Crippen molar-refractivity contribution in [2.75, 3.05) is 6.61 Å². The van der Waals surface area contributed by atoms with E-state index < -0.39 is 5.60 Å². The van der Waals surface area contributed by atoms with E-state index in [4.69, 9.17) is 4.74 Å². The van der Waals surface area contributed by atoms with Crippen LogP contribution in [0.5, 0.6) is 0 Å². The molecule has 0 heterocycles. The minimum absolute atomic E-state index is 0.207. The largest absolute Gasteiger partial charge is 0.502 e. The molecule has 0 aliphatic heterocycles. The molecule has 0 aromatic heterocycles. The maximum Gasteiger partial charge on any atom is 0.102 e. The molecule has 2 heteroatoms. The van der Waals surface area contributed by atoms with Crippen molar-refractivity contribution in [2.45, 2.75) is 59.5 Å². The van der Waals surface area contributed by atoms with Crippen LogP contribution in [0.25, 0.3) is 0 Å². The van der Waals surface area contributed by atoms with Crippen molar-refractivity contribution in [2.24, 2.45) is 5.41 Å². The van der Waals surface area contributed by atoms with E-state index in [1.54, 1.807) is 19.3 Å². The Morgan fingerprint density at radius 3 is 2.63 bits per heavy atom. The van der Waals surface area contributed by atoms with Gasteiger partial charge < -0.3 is 9.84 Å². The predicted molar refractivity (Wildman–Crippen MR) is 80.9 cm³/mol. The molecule has 0 bridgehead atoms. The zero-order valence-electron chi connectivity index (χ0n) is 13.0. The van der Waals surface area contributed by atoms with Crippen molar-refractivity contribution in [3.8, 4) is 0 Å². The first kappa shape index (κ1) is 16.0. The van der Waals surface area contributed by atoms with E-state index in [0.717, 1.165) is 0 Å². The van der Waals surface area contributed by atoms with Gasteiger partial charge >= 0.3 is 0 Å². The third-order valence-corrected chi connectivity index (χ3v) is 3.80. The number of rotatable bonds is 5. The third-order valence-electron chi connectivity index (χ3n) is 3.80. The molecular weight excluding hydrogens is 236 g/mol. The molecule has 0 aromatic rings. The van der Waals surface area contributed by atoms with Crippen molar-refractivity contribution in [3.63, 3.8) is 0 Å². The molecule has 0 amide bonds. The molecule has 0 aromatic carbocycles. The van der Waals surface area contributed by atoms with Gasteiger partial charge in [0.05, 0.1) is 12.9 Å². The Bertz CT molecular complexity index is 384. The van der Waals surface area contributed by atoms with Gasteiger partial charge in [-0.1, -0.05) is 25.5 Å². The highest BCUT2D eigenvalue weighted by molar-refractivity contribution is 5.34. The average molecular weight is 264 g/mol. The summed E-state index contributed by atoms with van der Waals surface area (Å²) >= 11 is 0. The van der Waals surface area contributed by atoms with Crippen LogP contribution in [0.1, 0.15) is 53.9 Å². The zero-order valence-corrected chi connectivity index (χ0v) is 13.0. The van der Waals surface area contributed by atoms with E-state index in [-0.39, 0.29) is 5.41 Å². The van der Waals surface area contributed by atoms with Crippen LogP contribution in [-0.2, 0) is 4.74 Å². The van der Waals surface area contributed by atoms with Crippen molar-refractivity contribution in [1.82, 2.24) is 0 Å². The lowest BCUT2D eigenvalue weighted by molar-refractivity contribution is 0.157. The van der Waals surface area contributed by atoms with Gasteiger partial charge in [0.25, 0.3) is 0 Å². The van der Waals surface area contributed by atoms with Crippen LogP contribution in [0.4, 0.5) is 0 Å². The molecule has 1 aliphatic rings. The lowest BCUT2D eigenvalue weighted by Crippen LogP contribution is -2.21. The predicted octanol–water partition coefficient (Wildman–Crippen LogP) is 4.37. The minimum Gasteiger partial charge on any atom is -0.502 e. The standard InChI is InChI=1S/C17H28O2/c1-6-19-13-12-17(5,18)11-9-15-14(2)8-7-10-16(15,3)4/h9,11-13,18H,6-8,10H2,1-5H3/b11-9?,13-12-. The summed E-state index contributed by atoms with van der Waals surface area (Å²) in [6.07, 6.45) is 10.8. The fourth-order valence-electron chi connectivity index (χ4n) is 2.60. The van der Waals surface area contributed by atoms with Crippen molar-refractivity contribution in [1.29, 1.82) is 0 Å². The van der Waals surface area contributed by atoms with Gasteiger partial charge in [-0.05, 0) is 63.2 Å². The summed E-state index contributed by atoms with van der Waals surface area (Å²) in [6, 6.07) is 0. The summed E-state index contributed by atoms with van der Waals surface area (Å²) in [6.45, 7) is 11.1. The highest BCUT2D eigenvalue weighted by atomic mass is 16.5. The first-order chi connectivity index (χ1) is 8.78. The molecule has 0 saturated heterocycles. The second-order valence-corrected chi connectivity index (χ2v) is 6.25. The van der Waals surface area contributed by atoms with Gasteiger partial charge in [0.15, 0.2) is 0 Å². The van der Waals surface area contributed by atoms with Gasteiger partial charge in [0.2, 0.25) is 0 Å². The second kappa shape index (κ2) is 6.42. The summed E-state index contributed by atoms with van der Waals surface area (Å²) in [5, 5.41) is 10.3. The molecule has 0 fully saturated rings. The summed E-state index contributed by atoms with van der Waals surface area (Å²) in [7, 11) is 0. The molecule has 19 heavy (non-hydrogen) atoms. The van der Waals surface area contributed by atoms with Gasteiger partial charge in [-0.25, -0.2) is 0 Å². The Morgan fingerprint density at radius 1 is 1.37 bits per heavy atom. The highest BCUT2D eigenvalue weighted by Crippen LogP contribution is 2.40. The van der Waals surface area contributed by atoms with Crippen LogP contribution >= 0.6 is 0 Å². The van der Waals surface area contributed by atoms with E-state index in [9.17, 15) is 5.11 Å². The van der Waals surface area contributed by atoms with Crippen LogP contribution in [-0.4, -0.2) is 17.3 Å². The van der Waals surface area contributed by atoms with Gasteiger partial charge in [0.1, 0.15) is 5.60 Å². The molecule has 1 N–H and O–H groups in total. The van der Waals surface area contributed by atoms with Gasteiger partial charge in [-0.15, -0.1) is 0 Å². The Morgan fingerprint density at radius 2 is 2.05 bits per heavy atom. The Kier molecular flexibility index (Phi) is 5.42. The lowest BCUT2D eigenvalue weighted by Gasteiger charge is -2.33. The fourth-order valence-corrected chi connectivity index (χ4v) is 2.60. The summed E-state index contributed by atoms with van der Waals surface area (Å²) in [5.41, 5.74) is 2.05. The number of hydrogen-bond donors (Lipinski definition) is 1. The molecular formula is C17H28O2. The first-order valence-electron chi connectivity index (χ1n) is 7.19. The lowest BCUT2D eigenvalue weighted by atomic mass is 9.72. The Hall–Kier alpha value is -1.02. The number of ether oxygens (including phenoxy) is 1. The normalized spacial score (nSPS) is 23.1. The quantitative estimate of drug-likeness (QED) is 0.747. The topological polar surface area (TPSA) is 29.5 Å². The SMILES string of the molecule is CCO/C=C\C(C)(O)C=CC1=C(C)CCCC1(C)C. The van der Waals surface area contributed by atoms with Crippen LogP contribution in [0.3, 0.4) is 0 Å². The molecule has 1 aliphatic carbocycles. The molecule has 0 spiro atoms. The molecule has 1 unspecified atom stereocenters. The molecule has 1 atom stereocenters.